The third kappa shape index (κ3) is 6.08. The van der Waals surface area contributed by atoms with Crippen molar-refractivity contribution in [2.45, 2.75) is 12.8 Å². The summed E-state index contributed by atoms with van der Waals surface area (Å²) in [6, 6.07) is 22.8. The van der Waals surface area contributed by atoms with Crippen LogP contribution in [0.2, 0.25) is 0 Å². The van der Waals surface area contributed by atoms with E-state index in [1.165, 1.54) is 24.9 Å². The third-order valence-corrected chi connectivity index (χ3v) is 7.24. The molecule has 0 saturated carbocycles. The monoisotopic (exact) mass is 541 g/mol. The zero-order valence-electron chi connectivity index (χ0n) is 21.6. The highest BCUT2D eigenvalue weighted by Crippen LogP contribution is 2.43. The molecule has 0 unspecified atom stereocenters. The molecular weight excluding hydrogens is 514 g/mol. The van der Waals surface area contributed by atoms with Crippen molar-refractivity contribution < 1.29 is 24.2 Å². The maximum absolute atomic E-state index is 13.6. The molecule has 3 N–H and O–H groups in total. The number of methoxy groups -OCH3 is 2. The number of carbonyl (C=O) groups is 2. The summed E-state index contributed by atoms with van der Waals surface area (Å²) in [6.07, 6.45) is 0. The van der Waals surface area contributed by atoms with E-state index in [0.717, 1.165) is 0 Å². The summed E-state index contributed by atoms with van der Waals surface area (Å²) in [7, 11) is 2.99. The van der Waals surface area contributed by atoms with Gasteiger partial charge in [0.2, 0.25) is 0 Å². The summed E-state index contributed by atoms with van der Waals surface area (Å²) < 4.78 is 10.5. The molecular formula is C30H27N3O5S. The lowest BCUT2D eigenvalue weighted by Gasteiger charge is -2.30. The summed E-state index contributed by atoms with van der Waals surface area (Å²) in [5.41, 5.74) is 2.87. The molecule has 1 aliphatic rings. The Hall–Kier alpha value is -4.68. The molecule has 198 valence electrons. The zero-order valence-corrected chi connectivity index (χ0v) is 22.5. The number of hydrogen-bond acceptors (Lipinski definition) is 8. The molecule has 1 aliphatic heterocycles. The van der Waals surface area contributed by atoms with Crippen LogP contribution in [0.5, 0.6) is 17.2 Å². The normalized spacial score (nSPS) is 14.8. The van der Waals surface area contributed by atoms with Crippen LogP contribution in [0.4, 0.5) is 5.69 Å². The second kappa shape index (κ2) is 12.2. The van der Waals surface area contributed by atoms with Crippen LogP contribution in [-0.4, -0.2) is 36.8 Å². The molecule has 3 aromatic rings. The summed E-state index contributed by atoms with van der Waals surface area (Å²) in [4.78, 5) is 26.5. The van der Waals surface area contributed by atoms with E-state index in [1.807, 2.05) is 18.2 Å². The number of ketones is 1. The fraction of sp³-hybridized carbons (Fsp3) is 0.167. The Morgan fingerprint density at radius 3 is 2.41 bits per heavy atom. The van der Waals surface area contributed by atoms with Crippen molar-refractivity contribution in [1.29, 1.82) is 5.26 Å². The molecule has 0 aliphatic carbocycles. The Bertz CT molecular complexity index is 1490. The fourth-order valence-electron chi connectivity index (χ4n) is 4.25. The highest BCUT2D eigenvalue weighted by molar-refractivity contribution is 8.03. The van der Waals surface area contributed by atoms with Crippen LogP contribution < -0.4 is 20.1 Å². The van der Waals surface area contributed by atoms with Crippen LogP contribution in [0.3, 0.4) is 0 Å². The number of nitrogens with zero attached hydrogens (tertiary/aromatic N) is 1. The molecule has 9 heteroatoms. The van der Waals surface area contributed by atoms with Crippen LogP contribution in [0, 0.1) is 11.3 Å². The number of Topliss-reactive ketones (excluding diaryl/α,β-unsaturated/α-hetero) is 1. The number of hydrogen-bond donors (Lipinski definition) is 3. The van der Waals surface area contributed by atoms with Gasteiger partial charge in [-0.15, -0.1) is 0 Å². The topological polar surface area (TPSA) is 121 Å². The van der Waals surface area contributed by atoms with E-state index in [4.69, 9.17) is 9.47 Å². The average molecular weight is 542 g/mol. The van der Waals surface area contributed by atoms with E-state index in [1.54, 1.807) is 62.6 Å². The second-order valence-electron chi connectivity index (χ2n) is 8.64. The number of aromatic hydroxyl groups is 1. The van der Waals surface area contributed by atoms with E-state index >= 15 is 0 Å². The number of para-hydroxylation sites is 1. The first-order valence-corrected chi connectivity index (χ1v) is 13.0. The first-order valence-electron chi connectivity index (χ1n) is 12.0. The van der Waals surface area contributed by atoms with Crippen LogP contribution in [0.25, 0.3) is 0 Å². The average Bonchev–Trinajstić information content (AvgIpc) is 2.96. The van der Waals surface area contributed by atoms with Crippen molar-refractivity contribution in [2.75, 3.05) is 25.3 Å². The molecule has 1 amide bonds. The van der Waals surface area contributed by atoms with Crippen molar-refractivity contribution in [3.63, 3.8) is 0 Å². The van der Waals surface area contributed by atoms with Crippen molar-refractivity contribution >= 4 is 29.1 Å². The largest absolute Gasteiger partial charge is 0.504 e. The third-order valence-electron chi connectivity index (χ3n) is 6.22. The number of ether oxygens (including phenoxy) is 2. The summed E-state index contributed by atoms with van der Waals surface area (Å²) in [5, 5.41) is 27.0. The van der Waals surface area contributed by atoms with Gasteiger partial charge in [-0.05, 0) is 61.0 Å². The number of amides is 1. The summed E-state index contributed by atoms with van der Waals surface area (Å²) in [6.45, 7) is 1.75. The van der Waals surface area contributed by atoms with Crippen molar-refractivity contribution in [2.24, 2.45) is 0 Å². The maximum Gasteiger partial charge on any atom is 0.254 e. The molecule has 0 saturated heterocycles. The Labute approximate surface area is 230 Å². The molecule has 4 rings (SSSR count). The van der Waals surface area contributed by atoms with Gasteiger partial charge < -0.3 is 25.2 Å². The van der Waals surface area contributed by atoms with E-state index in [-0.39, 0.29) is 34.5 Å². The van der Waals surface area contributed by atoms with E-state index in [0.29, 0.717) is 38.9 Å². The number of phenolic OH excluding ortho intramolecular Hbond substituents is 1. The predicted molar refractivity (Wildman–Crippen MR) is 151 cm³/mol. The lowest BCUT2D eigenvalue weighted by Crippen LogP contribution is -2.31. The van der Waals surface area contributed by atoms with Gasteiger partial charge in [-0.1, -0.05) is 36.0 Å². The Morgan fingerprint density at radius 2 is 1.77 bits per heavy atom. The zero-order chi connectivity index (χ0) is 27.9. The minimum absolute atomic E-state index is 0.0617. The fourth-order valence-corrected chi connectivity index (χ4v) is 5.24. The van der Waals surface area contributed by atoms with Gasteiger partial charge in [-0.2, -0.15) is 5.26 Å². The van der Waals surface area contributed by atoms with Crippen LogP contribution in [0.15, 0.2) is 94.7 Å². The molecule has 1 heterocycles. The Balaban J connectivity index is 1.70. The number of benzene rings is 3. The Morgan fingerprint density at radius 1 is 1.05 bits per heavy atom. The number of nitriles is 1. The number of dihydropyridines is 1. The molecule has 0 bridgehead atoms. The van der Waals surface area contributed by atoms with E-state index < -0.39 is 5.92 Å². The van der Waals surface area contributed by atoms with Gasteiger partial charge in [0.15, 0.2) is 17.3 Å². The lowest BCUT2D eigenvalue weighted by atomic mass is 9.82. The molecule has 39 heavy (non-hydrogen) atoms. The van der Waals surface area contributed by atoms with Gasteiger partial charge >= 0.3 is 0 Å². The molecule has 0 spiro atoms. The van der Waals surface area contributed by atoms with Crippen molar-refractivity contribution in [3.05, 3.63) is 106 Å². The molecule has 0 radical (unpaired) electrons. The number of allylic oxidation sites excluding steroid dienone is 2. The predicted octanol–water partition coefficient (Wildman–Crippen LogP) is 5.36. The molecule has 1 atom stereocenters. The number of phenols is 1. The van der Waals surface area contributed by atoms with Crippen molar-refractivity contribution in [1.82, 2.24) is 5.32 Å². The standard InChI is InChI=1S/C30H27N3O5S/c1-18-27(29(36)33-21-7-5-4-6-8-21)28(20-11-14-24(34)26(15-20)38-3)23(16-31)30(32-18)39-17-25(35)19-9-12-22(37-2)13-10-19/h4-15,28,32,34H,17H2,1-3H3,(H,33,36)/t28-/m0/s1. The molecule has 3 aromatic carbocycles. The van der Waals surface area contributed by atoms with Gasteiger partial charge in [-0.25, -0.2) is 0 Å². The number of thioether (sulfide) groups is 1. The van der Waals surface area contributed by atoms with Crippen LogP contribution in [-0.2, 0) is 4.79 Å². The number of anilines is 1. The van der Waals surface area contributed by atoms with Crippen LogP contribution in [0.1, 0.15) is 28.8 Å². The summed E-state index contributed by atoms with van der Waals surface area (Å²) in [5.74, 6) is -0.392. The molecule has 8 nitrogen and oxygen atoms in total. The van der Waals surface area contributed by atoms with Gasteiger partial charge in [0.25, 0.3) is 5.91 Å². The first-order chi connectivity index (χ1) is 18.9. The highest BCUT2D eigenvalue weighted by Gasteiger charge is 2.35. The second-order valence-corrected chi connectivity index (χ2v) is 9.63. The van der Waals surface area contributed by atoms with Gasteiger partial charge in [-0.3, -0.25) is 9.59 Å². The Kier molecular flexibility index (Phi) is 8.59. The number of rotatable bonds is 9. The van der Waals surface area contributed by atoms with Crippen molar-refractivity contribution in [3.8, 4) is 23.3 Å². The maximum atomic E-state index is 13.6. The minimum atomic E-state index is -0.770. The molecule has 0 aromatic heterocycles. The SMILES string of the molecule is COc1ccc(C(=O)CSC2=C(C#N)[C@H](c3ccc(O)c(OC)c3)C(C(=O)Nc3ccccc3)=C(C)N2)cc1. The smallest absolute Gasteiger partial charge is 0.254 e. The van der Waals surface area contributed by atoms with Gasteiger partial charge in [0.1, 0.15) is 5.75 Å². The van der Waals surface area contributed by atoms with Crippen LogP contribution >= 0.6 is 11.8 Å². The minimum Gasteiger partial charge on any atom is -0.504 e. The lowest BCUT2D eigenvalue weighted by molar-refractivity contribution is -0.113. The quantitative estimate of drug-likeness (QED) is 0.310. The first kappa shape index (κ1) is 27.4. The summed E-state index contributed by atoms with van der Waals surface area (Å²) >= 11 is 1.19. The molecule has 0 fully saturated rings. The highest BCUT2D eigenvalue weighted by atomic mass is 32.2. The number of nitrogens with one attached hydrogen (secondary N) is 2. The van der Waals surface area contributed by atoms with E-state index in [2.05, 4.69) is 16.7 Å². The van der Waals surface area contributed by atoms with Gasteiger partial charge in [0.05, 0.1) is 42.6 Å². The number of carbonyl (C=O) groups excluding carboxylic acids is 2. The van der Waals surface area contributed by atoms with E-state index in [9.17, 15) is 20.0 Å². The van der Waals surface area contributed by atoms with Gasteiger partial charge in [0, 0.05) is 22.5 Å².